The van der Waals surface area contributed by atoms with Gasteiger partial charge in [0.1, 0.15) is 11.0 Å². The molecule has 0 bridgehead atoms. The molecule has 1 saturated heterocycles. The molecule has 0 aliphatic carbocycles. The van der Waals surface area contributed by atoms with E-state index in [4.69, 9.17) is 21.6 Å². The van der Waals surface area contributed by atoms with Crippen LogP contribution < -0.4 is 4.90 Å². The lowest BCUT2D eigenvalue weighted by Crippen LogP contribution is -2.36. The number of hydrogen-bond donors (Lipinski definition) is 0. The molecule has 78 valence electrons. The van der Waals surface area contributed by atoms with Crippen LogP contribution in [0.4, 0.5) is 5.82 Å². The largest absolute Gasteiger partial charge is 0.378 e. The molecule has 2 rings (SSSR count). The van der Waals surface area contributed by atoms with Gasteiger partial charge in [-0.1, -0.05) is 11.6 Å². The van der Waals surface area contributed by atoms with E-state index < -0.39 is 0 Å². The molecule has 0 saturated carbocycles. The van der Waals surface area contributed by atoms with E-state index in [1.165, 1.54) is 0 Å². The molecule has 1 aromatic heterocycles. The monoisotopic (exact) mass is 223 g/mol. The van der Waals surface area contributed by atoms with Crippen molar-refractivity contribution in [1.29, 1.82) is 5.26 Å². The van der Waals surface area contributed by atoms with E-state index in [1.54, 1.807) is 12.1 Å². The van der Waals surface area contributed by atoms with Crippen LogP contribution in [0.3, 0.4) is 0 Å². The van der Waals surface area contributed by atoms with Crippen molar-refractivity contribution in [3.63, 3.8) is 0 Å². The number of aromatic nitrogens is 1. The summed E-state index contributed by atoms with van der Waals surface area (Å²) in [6.45, 7) is 2.96. The lowest BCUT2D eigenvalue weighted by Gasteiger charge is -2.27. The topological polar surface area (TPSA) is 49.2 Å². The third kappa shape index (κ3) is 2.38. The van der Waals surface area contributed by atoms with Gasteiger partial charge in [-0.15, -0.1) is 0 Å². The van der Waals surface area contributed by atoms with E-state index in [1.807, 2.05) is 0 Å². The van der Waals surface area contributed by atoms with Crippen LogP contribution in [0.15, 0.2) is 12.1 Å². The van der Waals surface area contributed by atoms with E-state index >= 15 is 0 Å². The molecule has 0 spiro atoms. The molecule has 5 heteroatoms. The fourth-order valence-electron chi connectivity index (χ4n) is 1.50. The van der Waals surface area contributed by atoms with Crippen molar-refractivity contribution in [3.05, 3.63) is 22.8 Å². The standard InChI is InChI=1S/C10H10ClN3O/c11-9-5-8(7-12)6-10(13-9)14-1-3-15-4-2-14/h5-6H,1-4H2. The molecule has 1 fully saturated rings. The van der Waals surface area contributed by atoms with Crippen molar-refractivity contribution in [2.24, 2.45) is 0 Å². The first-order valence-corrected chi connectivity index (χ1v) is 5.08. The summed E-state index contributed by atoms with van der Waals surface area (Å²) in [5.41, 5.74) is 0.538. The molecule has 1 aromatic rings. The van der Waals surface area contributed by atoms with Crippen molar-refractivity contribution in [2.75, 3.05) is 31.2 Å². The van der Waals surface area contributed by atoms with Crippen LogP contribution >= 0.6 is 11.6 Å². The number of morpholine rings is 1. The summed E-state index contributed by atoms with van der Waals surface area (Å²) >= 11 is 5.83. The summed E-state index contributed by atoms with van der Waals surface area (Å²) in [4.78, 5) is 6.26. The van der Waals surface area contributed by atoms with Crippen molar-refractivity contribution in [1.82, 2.24) is 4.98 Å². The quantitative estimate of drug-likeness (QED) is 0.676. The fourth-order valence-corrected chi connectivity index (χ4v) is 1.71. The van der Waals surface area contributed by atoms with E-state index in [0.717, 1.165) is 18.9 Å². The molecule has 0 atom stereocenters. The molecular weight excluding hydrogens is 214 g/mol. The van der Waals surface area contributed by atoms with Crippen LogP contribution in [0.25, 0.3) is 0 Å². The normalized spacial score (nSPS) is 16.1. The highest BCUT2D eigenvalue weighted by Gasteiger charge is 2.13. The lowest BCUT2D eigenvalue weighted by molar-refractivity contribution is 0.122. The zero-order valence-corrected chi connectivity index (χ0v) is 8.87. The predicted molar refractivity (Wildman–Crippen MR) is 57.0 cm³/mol. The average Bonchev–Trinajstić information content (AvgIpc) is 2.29. The average molecular weight is 224 g/mol. The highest BCUT2D eigenvalue weighted by molar-refractivity contribution is 6.29. The molecule has 0 radical (unpaired) electrons. The number of hydrogen-bond acceptors (Lipinski definition) is 4. The minimum Gasteiger partial charge on any atom is -0.378 e. The summed E-state index contributed by atoms with van der Waals surface area (Å²) < 4.78 is 5.24. The summed E-state index contributed by atoms with van der Waals surface area (Å²) in [6, 6.07) is 5.37. The number of pyridine rings is 1. The molecular formula is C10H10ClN3O. The Bertz CT molecular complexity index is 396. The van der Waals surface area contributed by atoms with Gasteiger partial charge in [0.25, 0.3) is 0 Å². The van der Waals surface area contributed by atoms with Crippen LogP contribution in [0.1, 0.15) is 5.56 Å². The number of halogens is 1. The van der Waals surface area contributed by atoms with Crippen LogP contribution in [0.5, 0.6) is 0 Å². The second-order valence-electron chi connectivity index (χ2n) is 3.25. The molecule has 0 unspecified atom stereocenters. The van der Waals surface area contributed by atoms with Crippen LogP contribution in [0, 0.1) is 11.3 Å². The Balaban J connectivity index is 2.27. The maximum Gasteiger partial charge on any atom is 0.132 e. The fraction of sp³-hybridized carbons (Fsp3) is 0.400. The summed E-state index contributed by atoms with van der Waals surface area (Å²) in [7, 11) is 0. The predicted octanol–water partition coefficient (Wildman–Crippen LogP) is 1.44. The molecule has 0 aromatic carbocycles. The number of anilines is 1. The Hall–Kier alpha value is -1.31. The molecule has 1 aliphatic rings. The molecule has 15 heavy (non-hydrogen) atoms. The van der Waals surface area contributed by atoms with Crippen LogP contribution in [-0.2, 0) is 4.74 Å². The van der Waals surface area contributed by atoms with Crippen LogP contribution in [-0.4, -0.2) is 31.3 Å². The molecule has 0 N–H and O–H groups in total. The Morgan fingerprint density at radius 1 is 1.40 bits per heavy atom. The van der Waals surface area contributed by atoms with Crippen molar-refractivity contribution >= 4 is 17.4 Å². The van der Waals surface area contributed by atoms with Gasteiger partial charge in [0.15, 0.2) is 0 Å². The molecule has 1 aliphatic heterocycles. The number of nitriles is 1. The highest BCUT2D eigenvalue weighted by Crippen LogP contribution is 2.18. The third-order valence-corrected chi connectivity index (χ3v) is 2.44. The Morgan fingerprint density at radius 3 is 2.80 bits per heavy atom. The van der Waals surface area contributed by atoms with Gasteiger partial charge in [-0.05, 0) is 12.1 Å². The second kappa shape index (κ2) is 4.47. The summed E-state index contributed by atoms with van der Waals surface area (Å²) in [6.07, 6.45) is 0. The van der Waals surface area contributed by atoms with Gasteiger partial charge in [-0.3, -0.25) is 0 Å². The number of nitrogens with zero attached hydrogens (tertiary/aromatic N) is 3. The first-order valence-electron chi connectivity index (χ1n) is 4.70. The van der Waals surface area contributed by atoms with E-state index in [0.29, 0.717) is 23.9 Å². The maximum atomic E-state index is 8.81. The smallest absolute Gasteiger partial charge is 0.132 e. The van der Waals surface area contributed by atoms with E-state index in [-0.39, 0.29) is 0 Å². The minimum absolute atomic E-state index is 0.357. The maximum absolute atomic E-state index is 8.81. The van der Waals surface area contributed by atoms with E-state index in [2.05, 4.69) is 16.0 Å². The highest BCUT2D eigenvalue weighted by atomic mass is 35.5. The minimum atomic E-state index is 0.357. The van der Waals surface area contributed by atoms with Crippen molar-refractivity contribution in [2.45, 2.75) is 0 Å². The lowest BCUT2D eigenvalue weighted by atomic mass is 10.2. The first-order chi connectivity index (χ1) is 7.29. The van der Waals surface area contributed by atoms with Gasteiger partial charge in [0.05, 0.1) is 24.8 Å². The number of ether oxygens (including phenoxy) is 1. The van der Waals surface area contributed by atoms with Gasteiger partial charge in [0.2, 0.25) is 0 Å². The number of rotatable bonds is 1. The van der Waals surface area contributed by atoms with Gasteiger partial charge in [0, 0.05) is 13.1 Å². The molecule has 4 nitrogen and oxygen atoms in total. The zero-order chi connectivity index (χ0) is 10.7. The second-order valence-corrected chi connectivity index (χ2v) is 3.64. The van der Waals surface area contributed by atoms with Crippen molar-refractivity contribution in [3.8, 4) is 6.07 Å². The Labute approximate surface area is 93.0 Å². The zero-order valence-electron chi connectivity index (χ0n) is 8.11. The molecule has 2 heterocycles. The summed E-state index contributed by atoms with van der Waals surface area (Å²) in [5.74, 6) is 0.752. The Kier molecular flexibility index (Phi) is 3.05. The van der Waals surface area contributed by atoms with Gasteiger partial charge < -0.3 is 9.64 Å². The SMILES string of the molecule is N#Cc1cc(Cl)nc(N2CCOCC2)c1. The first kappa shape index (κ1) is 10.2. The van der Waals surface area contributed by atoms with Crippen LogP contribution in [0.2, 0.25) is 5.15 Å². The van der Waals surface area contributed by atoms with Gasteiger partial charge in [-0.25, -0.2) is 4.98 Å². The third-order valence-electron chi connectivity index (χ3n) is 2.24. The van der Waals surface area contributed by atoms with Gasteiger partial charge >= 0.3 is 0 Å². The van der Waals surface area contributed by atoms with Gasteiger partial charge in [-0.2, -0.15) is 5.26 Å². The Morgan fingerprint density at radius 2 is 2.13 bits per heavy atom. The summed E-state index contributed by atoms with van der Waals surface area (Å²) in [5, 5.41) is 9.16. The van der Waals surface area contributed by atoms with Crippen molar-refractivity contribution < 1.29 is 4.74 Å². The van der Waals surface area contributed by atoms with E-state index in [9.17, 15) is 0 Å². The molecule has 0 amide bonds.